The molecule has 3 rings (SSSR count). The molecule has 0 bridgehead atoms. The number of amides is 1. The number of carbonyl (C=O) groups excluding carboxylic acids is 3. The summed E-state index contributed by atoms with van der Waals surface area (Å²) in [6.45, 7) is 3.75. The number of carbonyl (C=O) groups is 3. The van der Waals surface area contributed by atoms with Crippen LogP contribution in [0.25, 0.3) is 0 Å². The van der Waals surface area contributed by atoms with Gasteiger partial charge >= 0.3 is 11.9 Å². The lowest BCUT2D eigenvalue weighted by Crippen LogP contribution is -2.22. The van der Waals surface area contributed by atoms with Crippen LogP contribution in [0, 0.1) is 5.92 Å². The maximum Gasteiger partial charge on any atom is 0.355 e. The molecule has 1 amide bonds. The molecule has 1 aliphatic rings. The number of H-pyrrole nitrogens is 1. The van der Waals surface area contributed by atoms with Gasteiger partial charge in [-0.1, -0.05) is 6.92 Å². The van der Waals surface area contributed by atoms with Crippen LogP contribution in [-0.2, 0) is 27.1 Å². The van der Waals surface area contributed by atoms with Gasteiger partial charge in [0.2, 0.25) is 0 Å². The molecule has 0 aliphatic heterocycles. The minimum atomic E-state index is -0.611. The topological polar surface area (TPSA) is 97.5 Å². The lowest BCUT2D eigenvalue weighted by molar-refractivity contribution is -0.119. The third-order valence-electron chi connectivity index (χ3n) is 4.40. The fourth-order valence-corrected chi connectivity index (χ4v) is 4.50. The Morgan fingerprint density at radius 1 is 1.30 bits per heavy atom. The van der Waals surface area contributed by atoms with Gasteiger partial charge in [0.15, 0.2) is 6.61 Å². The van der Waals surface area contributed by atoms with Crippen LogP contribution in [-0.4, -0.2) is 36.0 Å². The minimum Gasteiger partial charge on any atom is -0.462 e. The van der Waals surface area contributed by atoms with E-state index in [0.717, 1.165) is 29.7 Å². The number of fused-ring (bicyclic) bond motifs is 1. The first-order valence-corrected chi connectivity index (χ1v) is 9.73. The predicted octanol–water partition coefficient (Wildman–Crippen LogP) is 3.17. The van der Waals surface area contributed by atoms with Gasteiger partial charge in [0.1, 0.15) is 10.7 Å². The second-order valence-electron chi connectivity index (χ2n) is 6.48. The number of anilines is 1. The Balaban J connectivity index is 1.72. The Hall–Kier alpha value is -2.61. The molecular formula is C19H22N2O5S. The summed E-state index contributed by atoms with van der Waals surface area (Å²) in [4.78, 5) is 40.3. The van der Waals surface area contributed by atoms with Crippen molar-refractivity contribution in [1.82, 2.24) is 4.98 Å². The second kappa shape index (κ2) is 8.39. The summed E-state index contributed by atoms with van der Waals surface area (Å²) in [5, 5.41) is 3.18. The van der Waals surface area contributed by atoms with Gasteiger partial charge in [-0.25, -0.2) is 9.59 Å². The second-order valence-corrected chi connectivity index (χ2v) is 7.59. The van der Waals surface area contributed by atoms with Crippen molar-refractivity contribution >= 4 is 34.2 Å². The van der Waals surface area contributed by atoms with Crippen molar-refractivity contribution < 1.29 is 23.9 Å². The van der Waals surface area contributed by atoms with Crippen LogP contribution in [0.3, 0.4) is 0 Å². The van der Waals surface area contributed by atoms with E-state index in [2.05, 4.69) is 17.2 Å². The quantitative estimate of drug-likeness (QED) is 0.739. The van der Waals surface area contributed by atoms with Gasteiger partial charge < -0.3 is 19.8 Å². The summed E-state index contributed by atoms with van der Waals surface area (Å²) < 4.78 is 10.2. The molecule has 0 fully saturated rings. The van der Waals surface area contributed by atoms with Crippen molar-refractivity contribution in [1.29, 1.82) is 0 Å². The monoisotopic (exact) mass is 390 g/mol. The van der Waals surface area contributed by atoms with E-state index in [9.17, 15) is 14.4 Å². The van der Waals surface area contributed by atoms with Crippen molar-refractivity contribution in [3.05, 3.63) is 40.0 Å². The molecule has 2 aromatic rings. The van der Waals surface area contributed by atoms with Gasteiger partial charge in [-0.3, -0.25) is 4.79 Å². The summed E-state index contributed by atoms with van der Waals surface area (Å²) in [6, 6.07) is 3.23. The Bertz CT molecular complexity index is 841. The highest BCUT2D eigenvalue weighted by Crippen LogP contribution is 2.40. The largest absolute Gasteiger partial charge is 0.462 e. The molecule has 7 nitrogen and oxygen atoms in total. The first-order chi connectivity index (χ1) is 13.0. The molecule has 27 heavy (non-hydrogen) atoms. The molecule has 8 heteroatoms. The van der Waals surface area contributed by atoms with Gasteiger partial charge in [0, 0.05) is 11.1 Å². The molecule has 2 heterocycles. The molecule has 0 unspecified atom stereocenters. The smallest absolute Gasteiger partial charge is 0.355 e. The molecule has 1 atom stereocenters. The molecule has 0 saturated heterocycles. The van der Waals surface area contributed by atoms with E-state index in [1.807, 2.05) is 0 Å². The average Bonchev–Trinajstić information content (AvgIpc) is 3.27. The molecule has 144 valence electrons. The summed E-state index contributed by atoms with van der Waals surface area (Å²) in [6.07, 6.45) is 4.26. The van der Waals surface area contributed by atoms with E-state index >= 15 is 0 Å². The van der Waals surface area contributed by atoms with Crippen molar-refractivity contribution in [3.63, 3.8) is 0 Å². The number of aromatic nitrogens is 1. The number of rotatable bonds is 6. The van der Waals surface area contributed by atoms with Crippen molar-refractivity contribution in [3.8, 4) is 0 Å². The Morgan fingerprint density at radius 3 is 2.81 bits per heavy atom. The predicted molar refractivity (Wildman–Crippen MR) is 101 cm³/mol. The Labute approximate surface area is 161 Å². The van der Waals surface area contributed by atoms with Gasteiger partial charge in [0.25, 0.3) is 5.91 Å². The number of thiophene rings is 1. The molecule has 2 aromatic heterocycles. The van der Waals surface area contributed by atoms with Gasteiger partial charge in [-0.05, 0) is 49.8 Å². The fourth-order valence-electron chi connectivity index (χ4n) is 3.09. The van der Waals surface area contributed by atoms with Crippen LogP contribution >= 0.6 is 11.3 Å². The maximum absolute atomic E-state index is 12.4. The summed E-state index contributed by atoms with van der Waals surface area (Å²) in [7, 11) is 0. The minimum absolute atomic E-state index is 0.265. The van der Waals surface area contributed by atoms with Crippen LogP contribution in [0.15, 0.2) is 18.3 Å². The number of hydrogen-bond acceptors (Lipinski definition) is 6. The van der Waals surface area contributed by atoms with E-state index in [0.29, 0.717) is 16.5 Å². The number of esters is 2. The molecule has 0 spiro atoms. The van der Waals surface area contributed by atoms with Gasteiger partial charge in [0.05, 0.1) is 12.2 Å². The van der Waals surface area contributed by atoms with Crippen LogP contribution < -0.4 is 5.32 Å². The lowest BCUT2D eigenvalue weighted by atomic mass is 9.88. The van der Waals surface area contributed by atoms with Crippen molar-refractivity contribution in [2.24, 2.45) is 5.92 Å². The van der Waals surface area contributed by atoms with E-state index in [-0.39, 0.29) is 12.3 Å². The molecule has 0 saturated carbocycles. The third-order valence-corrected chi connectivity index (χ3v) is 5.57. The highest BCUT2D eigenvalue weighted by molar-refractivity contribution is 7.17. The summed E-state index contributed by atoms with van der Waals surface area (Å²) >= 11 is 1.40. The molecular weight excluding hydrogens is 368 g/mol. The third kappa shape index (κ3) is 4.39. The molecule has 0 aromatic carbocycles. The molecule has 0 radical (unpaired) electrons. The highest BCUT2D eigenvalue weighted by Gasteiger charge is 2.29. The number of nitrogens with one attached hydrogen (secondary N) is 2. The molecule has 1 aliphatic carbocycles. The Kier molecular flexibility index (Phi) is 5.95. The zero-order chi connectivity index (χ0) is 19.4. The summed E-state index contributed by atoms with van der Waals surface area (Å²) in [5.41, 5.74) is 1.68. The van der Waals surface area contributed by atoms with Crippen molar-refractivity contribution in [2.45, 2.75) is 33.1 Å². The summed E-state index contributed by atoms with van der Waals surface area (Å²) in [5.74, 6) is -0.994. The maximum atomic E-state index is 12.4. The van der Waals surface area contributed by atoms with E-state index < -0.39 is 24.5 Å². The van der Waals surface area contributed by atoms with Crippen LogP contribution in [0.4, 0.5) is 5.00 Å². The normalized spacial score (nSPS) is 15.7. The highest BCUT2D eigenvalue weighted by atomic mass is 32.1. The van der Waals surface area contributed by atoms with Crippen LogP contribution in [0.1, 0.15) is 51.6 Å². The zero-order valence-corrected chi connectivity index (χ0v) is 16.1. The first kappa shape index (κ1) is 19.2. The fraction of sp³-hybridized carbons (Fsp3) is 0.421. The van der Waals surface area contributed by atoms with E-state index in [1.165, 1.54) is 11.3 Å². The number of ether oxygens (including phenoxy) is 2. The average molecular weight is 390 g/mol. The van der Waals surface area contributed by atoms with E-state index in [1.54, 1.807) is 25.3 Å². The van der Waals surface area contributed by atoms with Crippen LogP contribution in [0.2, 0.25) is 0 Å². The van der Waals surface area contributed by atoms with Crippen molar-refractivity contribution in [2.75, 3.05) is 18.5 Å². The van der Waals surface area contributed by atoms with Gasteiger partial charge in [-0.15, -0.1) is 11.3 Å². The number of hydrogen-bond donors (Lipinski definition) is 2. The van der Waals surface area contributed by atoms with Crippen LogP contribution in [0.5, 0.6) is 0 Å². The lowest BCUT2D eigenvalue weighted by Gasteiger charge is -2.18. The number of aromatic amines is 1. The van der Waals surface area contributed by atoms with E-state index in [4.69, 9.17) is 9.47 Å². The van der Waals surface area contributed by atoms with Gasteiger partial charge in [-0.2, -0.15) is 0 Å². The molecule has 2 N–H and O–H groups in total. The Morgan fingerprint density at radius 2 is 2.11 bits per heavy atom. The zero-order valence-electron chi connectivity index (χ0n) is 15.3. The first-order valence-electron chi connectivity index (χ1n) is 8.91. The standard InChI is InChI=1S/C19H22N2O5S/c1-3-25-19(24)16-12-7-6-11(2)9-14(12)27-17(16)21-15(22)10-26-18(23)13-5-4-8-20-13/h4-5,8,11,20H,3,6-7,9-10H2,1-2H3,(H,21,22)/t11-/m0/s1. The SMILES string of the molecule is CCOC(=O)c1c(NC(=O)COC(=O)c2ccc[nH]2)sc2c1CC[C@H](C)C2.